The van der Waals surface area contributed by atoms with Gasteiger partial charge in [-0.05, 0) is 42.2 Å². The Hall–Kier alpha value is -2.45. The summed E-state index contributed by atoms with van der Waals surface area (Å²) in [6.07, 6.45) is -0.364. The number of benzene rings is 2. The topological polar surface area (TPSA) is 49.4 Å². The average molecular weight is 443 g/mol. The van der Waals surface area contributed by atoms with Gasteiger partial charge in [0.05, 0.1) is 22.8 Å². The Balaban J connectivity index is 2.01. The monoisotopic (exact) mass is 442 g/mol. The summed E-state index contributed by atoms with van der Waals surface area (Å²) < 4.78 is 38.7. The lowest BCUT2D eigenvalue weighted by Crippen LogP contribution is -2.33. The van der Waals surface area contributed by atoms with Crippen LogP contribution >= 0.6 is 23.4 Å². The molecule has 0 saturated carbocycles. The second-order valence-electron chi connectivity index (χ2n) is 6.01. The molecule has 0 fully saturated rings. The molecule has 0 aliphatic heterocycles. The first-order chi connectivity index (χ1) is 13.6. The molecule has 2 aromatic rings. The highest BCUT2D eigenvalue weighted by Gasteiger charge is 2.33. The van der Waals surface area contributed by atoms with Crippen LogP contribution in [-0.2, 0) is 15.8 Å². The summed E-state index contributed by atoms with van der Waals surface area (Å²) in [7, 11) is 1.43. The Morgan fingerprint density at radius 1 is 1.21 bits per heavy atom. The SMILES string of the molecule is CSc1ccccc1NC(=O)CN(C)C(=O)/C=C/c1ccc(Cl)c(C(F)(F)F)c1. The Morgan fingerprint density at radius 2 is 1.90 bits per heavy atom. The first kappa shape index (κ1) is 22.8. The summed E-state index contributed by atoms with van der Waals surface area (Å²) in [5, 5.41) is 2.32. The Kier molecular flexibility index (Phi) is 7.75. The third-order valence-corrected chi connectivity index (χ3v) is 4.98. The van der Waals surface area contributed by atoms with Crippen LogP contribution in [0.5, 0.6) is 0 Å². The summed E-state index contributed by atoms with van der Waals surface area (Å²) in [6, 6.07) is 10.6. The maximum absolute atomic E-state index is 12.9. The first-order valence-corrected chi connectivity index (χ1v) is 9.95. The van der Waals surface area contributed by atoms with Crippen LogP contribution in [0.3, 0.4) is 0 Å². The van der Waals surface area contributed by atoms with Crippen molar-refractivity contribution in [3.63, 3.8) is 0 Å². The van der Waals surface area contributed by atoms with Gasteiger partial charge in [-0.25, -0.2) is 0 Å². The van der Waals surface area contributed by atoms with Crippen molar-refractivity contribution >= 4 is 46.9 Å². The highest BCUT2D eigenvalue weighted by atomic mass is 35.5. The maximum Gasteiger partial charge on any atom is 0.417 e. The number of hydrogen-bond acceptors (Lipinski definition) is 3. The van der Waals surface area contributed by atoms with E-state index in [4.69, 9.17) is 11.6 Å². The second-order valence-corrected chi connectivity index (χ2v) is 7.27. The number of rotatable bonds is 6. The van der Waals surface area contributed by atoms with Gasteiger partial charge in [-0.2, -0.15) is 13.2 Å². The molecule has 1 N–H and O–H groups in total. The van der Waals surface area contributed by atoms with Crippen LogP contribution in [0.1, 0.15) is 11.1 Å². The molecule has 0 heterocycles. The molecular weight excluding hydrogens is 425 g/mol. The normalized spacial score (nSPS) is 11.5. The Labute approximate surface area is 175 Å². The highest BCUT2D eigenvalue weighted by molar-refractivity contribution is 7.98. The summed E-state index contributed by atoms with van der Waals surface area (Å²) >= 11 is 7.05. The zero-order chi connectivity index (χ0) is 21.6. The fraction of sp³-hybridized carbons (Fsp3) is 0.200. The molecule has 0 saturated heterocycles. The molecule has 0 radical (unpaired) electrons. The first-order valence-electron chi connectivity index (χ1n) is 8.34. The highest BCUT2D eigenvalue weighted by Crippen LogP contribution is 2.35. The zero-order valence-corrected chi connectivity index (χ0v) is 17.2. The lowest BCUT2D eigenvalue weighted by atomic mass is 10.1. The van der Waals surface area contributed by atoms with Crippen LogP contribution in [0.15, 0.2) is 53.4 Å². The van der Waals surface area contributed by atoms with Gasteiger partial charge in [-0.3, -0.25) is 9.59 Å². The molecular formula is C20H18ClF3N2O2S. The molecule has 0 aromatic heterocycles. The van der Waals surface area contributed by atoms with Gasteiger partial charge in [-0.15, -0.1) is 11.8 Å². The standard InChI is InChI=1S/C20H18ClF3N2O2S/c1-26(12-18(27)25-16-5-3-4-6-17(16)29-2)19(28)10-8-13-7-9-15(21)14(11-13)20(22,23)24/h3-11H,12H2,1-2H3,(H,25,27)/b10-8+. The van der Waals surface area contributed by atoms with Gasteiger partial charge < -0.3 is 10.2 Å². The Morgan fingerprint density at radius 3 is 2.55 bits per heavy atom. The molecule has 29 heavy (non-hydrogen) atoms. The van der Waals surface area contributed by atoms with E-state index in [1.54, 1.807) is 12.1 Å². The molecule has 0 aliphatic rings. The summed E-state index contributed by atoms with van der Waals surface area (Å²) in [5.74, 6) is -0.914. The summed E-state index contributed by atoms with van der Waals surface area (Å²) in [5.41, 5.74) is -0.169. The van der Waals surface area contributed by atoms with E-state index in [2.05, 4.69) is 5.32 Å². The number of hydrogen-bond donors (Lipinski definition) is 1. The smallest absolute Gasteiger partial charge is 0.333 e. The fourth-order valence-electron chi connectivity index (χ4n) is 2.39. The van der Waals surface area contributed by atoms with Crippen LogP contribution < -0.4 is 5.32 Å². The second kappa shape index (κ2) is 9.84. The molecule has 0 atom stereocenters. The van der Waals surface area contributed by atoms with E-state index >= 15 is 0 Å². The van der Waals surface area contributed by atoms with Crippen molar-refractivity contribution in [3.8, 4) is 0 Å². The number of anilines is 1. The van der Waals surface area contributed by atoms with E-state index in [1.165, 1.54) is 31.0 Å². The van der Waals surface area contributed by atoms with Crippen molar-refractivity contribution in [2.75, 3.05) is 25.2 Å². The van der Waals surface area contributed by atoms with Gasteiger partial charge in [-0.1, -0.05) is 29.8 Å². The third kappa shape index (κ3) is 6.54. The molecule has 0 bridgehead atoms. The number of para-hydroxylation sites is 1. The number of amides is 2. The largest absolute Gasteiger partial charge is 0.417 e. The van der Waals surface area contributed by atoms with E-state index in [0.29, 0.717) is 5.69 Å². The van der Waals surface area contributed by atoms with E-state index in [9.17, 15) is 22.8 Å². The zero-order valence-electron chi connectivity index (χ0n) is 15.6. The van der Waals surface area contributed by atoms with Crippen molar-refractivity contribution < 1.29 is 22.8 Å². The van der Waals surface area contributed by atoms with E-state index in [0.717, 1.165) is 28.0 Å². The van der Waals surface area contributed by atoms with Gasteiger partial charge in [0.25, 0.3) is 0 Å². The minimum atomic E-state index is -4.59. The number of nitrogens with zero attached hydrogens (tertiary/aromatic N) is 1. The van der Waals surface area contributed by atoms with Crippen LogP contribution in [0.25, 0.3) is 6.08 Å². The molecule has 0 spiro atoms. The average Bonchev–Trinajstić information content (AvgIpc) is 2.66. The molecule has 154 valence electrons. The maximum atomic E-state index is 12.9. The van der Waals surface area contributed by atoms with Crippen molar-refractivity contribution in [3.05, 3.63) is 64.7 Å². The molecule has 4 nitrogen and oxygen atoms in total. The number of thioether (sulfide) groups is 1. The number of likely N-dealkylation sites (N-methyl/N-ethyl adjacent to an activating group) is 1. The molecule has 2 rings (SSSR count). The lowest BCUT2D eigenvalue weighted by molar-refractivity contribution is -0.137. The van der Waals surface area contributed by atoms with Crippen LogP contribution in [0.4, 0.5) is 18.9 Å². The predicted octanol–water partition coefficient (Wildman–Crippen LogP) is 5.19. The molecule has 2 amide bonds. The quantitative estimate of drug-likeness (QED) is 0.494. The minimum Gasteiger partial charge on any atom is -0.333 e. The number of alkyl halides is 3. The summed E-state index contributed by atoms with van der Waals surface area (Å²) in [6.45, 7) is -0.208. The lowest BCUT2D eigenvalue weighted by Gasteiger charge is -2.16. The van der Waals surface area contributed by atoms with E-state index in [-0.39, 0.29) is 18.0 Å². The van der Waals surface area contributed by atoms with Crippen molar-refractivity contribution in [1.29, 1.82) is 0 Å². The van der Waals surface area contributed by atoms with Gasteiger partial charge >= 0.3 is 6.18 Å². The van der Waals surface area contributed by atoms with Crippen molar-refractivity contribution in [2.24, 2.45) is 0 Å². The number of nitrogens with one attached hydrogen (secondary N) is 1. The van der Waals surface area contributed by atoms with Gasteiger partial charge in [0.2, 0.25) is 11.8 Å². The Bertz CT molecular complexity index is 932. The number of carbonyl (C=O) groups is 2. The molecule has 0 unspecified atom stereocenters. The van der Waals surface area contributed by atoms with Gasteiger partial charge in [0.1, 0.15) is 0 Å². The minimum absolute atomic E-state index is 0.168. The predicted molar refractivity (Wildman–Crippen MR) is 110 cm³/mol. The molecule has 2 aromatic carbocycles. The molecule has 0 aliphatic carbocycles. The van der Waals surface area contributed by atoms with Crippen LogP contribution in [-0.4, -0.2) is 36.6 Å². The van der Waals surface area contributed by atoms with Gasteiger partial charge in [0.15, 0.2) is 0 Å². The van der Waals surface area contributed by atoms with Gasteiger partial charge in [0, 0.05) is 18.0 Å². The van der Waals surface area contributed by atoms with E-state index < -0.39 is 22.7 Å². The fourth-order valence-corrected chi connectivity index (χ4v) is 3.17. The van der Waals surface area contributed by atoms with E-state index in [1.807, 2.05) is 18.4 Å². The third-order valence-electron chi connectivity index (χ3n) is 3.85. The molecule has 9 heteroatoms. The summed E-state index contributed by atoms with van der Waals surface area (Å²) in [4.78, 5) is 26.4. The van der Waals surface area contributed by atoms with Crippen LogP contribution in [0.2, 0.25) is 5.02 Å². The van der Waals surface area contributed by atoms with Crippen LogP contribution in [0, 0.1) is 0 Å². The number of carbonyl (C=O) groups excluding carboxylic acids is 2. The van der Waals surface area contributed by atoms with Crippen molar-refractivity contribution in [2.45, 2.75) is 11.1 Å². The number of halogens is 4. The van der Waals surface area contributed by atoms with Crippen molar-refractivity contribution in [1.82, 2.24) is 4.90 Å².